The van der Waals surface area contributed by atoms with Crippen molar-refractivity contribution in [1.82, 2.24) is 5.32 Å². The normalized spacial score (nSPS) is 10.0. The van der Waals surface area contributed by atoms with Gasteiger partial charge in [0, 0.05) is 31.1 Å². The number of hydrogen-bond acceptors (Lipinski definition) is 4. The number of rotatable bonds is 7. The molecule has 0 spiro atoms. The third-order valence-corrected chi connectivity index (χ3v) is 2.36. The van der Waals surface area contributed by atoms with Crippen molar-refractivity contribution in [3.05, 3.63) is 23.8 Å². The van der Waals surface area contributed by atoms with Gasteiger partial charge in [0.15, 0.2) is 0 Å². The molecule has 0 heterocycles. The fourth-order valence-electron chi connectivity index (χ4n) is 1.43. The molecule has 0 saturated carbocycles. The molecule has 0 radical (unpaired) electrons. The minimum absolute atomic E-state index is 0.306. The summed E-state index contributed by atoms with van der Waals surface area (Å²) >= 11 is 0. The second-order valence-corrected chi connectivity index (χ2v) is 3.57. The molecule has 5 nitrogen and oxygen atoms in total. The Bertz CT molecular complexity index is 380. The quantitative estimate of drug-likeness (QED) is 0.685. The zero-order chi connectivity index (χ0) is 12.7. The Morgan fingerprint density at radius 2 is 2.12 bits per heavy atom. The third kappa shape index (κ3) is 4.32. The zero-order valence-electron chi connectivity index (χ0n) is 10.2. The van der Waals surface area contributed by atoms with E-state index < -0.39 is 0 Å². The predicted octanol–water partition coefficient (Wildman–Crippen LogP) is 0.669. The van der Waals surface area contributed by atoms with Gasteiger partial charge in [-0.2, -0.15) is 0 Å². The number of primary amides is 1. The van der Waals surface area contributed by atoms with Gasteiger partial charge < -0.3 is 20.5 Å². The van der Waals surface area contributed by atoms with E-state index in [-0.39, 0.29) is 5.91 Å². The van der Waals surface area contributed by atoms with Crippen molar-refractivity contribution in [2.24, 2.45) is 5.73 Å². The average Bonchev–Trinajstić information content (AvgIpc) is 2.34. The van der Waals surface area contributed by atoms with Crippen LogP contribution < -0.4 is 20.5 Å². The van der Waals surface area contributed by atoms with Gasteiger partial charge in [0.2, 0.25) is 5.91 Å². The molecule has 0 aliphatic carbocycles. The number of nitrogens with one attached hydrogen (secondary N) is 1. The summed E-state index contributed by atoms with van der Waals surface area (Å²) in [5.74, 6) is 1.21. The summed E-state index contributed by atoms with van der Waals surface area (Å²) in [5.41, 5.74) is 6.06. The molecule has 0 aliphatic rings. The van der Waals surface area contributed by atoms with E-state index >= 15 is 0 Å². The van der Waals surface area contributed by atoms with Gasteiger partial charge in [-0.25, -0.2) is 0 Å². The Balaban J connectivity index is 2.55. The van der Waals surface area contributed by atoms with Gasteiger partial charge in [0.1, 0.15) is 11.5 Å². The van der Waals surface area contributed by atoms with Crippen LogP contribution in [0.5, 0.6) is 11.5 Å². The monoisotopic (exact) mass is 238 g/mol. The van der Waals surface area contributed by atoms with Crippen LogP contribution >= 0.6 is 0 Å². The van der Waals surface area contributed by atoms with E-state index in [1.165, 1.54) is 0 Å². The van der Waals surface area contributed by atoms with Gasteiger partial charge in [-0.3, -0.25) is 4.79 Å². The first-order valence-electron chi connectivity index (χ1n) is 5.37. The summed E-state index contributed by atoms with van der Waals surface area (Å²) in [5, 5.41) is 3.12. The maximum atomic E-state index is 10.6. The molecular formula is C12H18N2O3. The SMILES string of the molecule is COc1ccc(CNCCC(N)=O)c(OC)c1. The van der Waals surface area contributed by atoms with Gasteiger partial charge in [-0.1, -0.05) is 6.07 Å². The number of carbonyl (C=O) groups excluding carboxylic acids is 1. The van der Waals surface area contributed by atoms with Gasteiger partial charge in [0.05, 0.1) is 14.2 Å². The van der Waals surface area contributed by atoms with Crippen LogP contribution in [0.1, 0.15) is 12.0 Å². The van der Waals surface area contributed by atoms with E-state index in [2.05, 4.69) is 5.32 Å². The molecule has 0 unspecified atom stereocenters. The van der Waals surface area contributed by atoms with Crippen LogP contribution in [0.3, 0.4) is 0 Å². The summed E-state index contributed by atoms with van der Waals surface area (Å²) < 4.78 is 10.4. The molecule has 1 aromatic carbocycles. The lowest BCUT2D eigenvalue weighted by atomic mass is 10.2. The molecule has 0 aliphatic heterocycles. The summed E-state index contributed by atoms with van der Waals surface area (Å²) in [7, 11) is 3.22. The zero-order valence-corrected chi connectivity index (χ0v) is 10.2. The van der Waals surface area contributed by atoms with Crippen molar-refractivity contribution >= 4 is 5.91 Å². The molecule has 0 atom stereocenters. The largest absolute Gasteiger partial charge is 0.497 e. The van der Waals surface area contributed by atoms with Crippen LogP contribution in [0.4, 0.5) is 0 Å². The molecule has 1 rings (SSSR count). The van der Waals surface area contributed by atoms with E-state index in [1.54, 1.807) is 14.2 Å². The highest BCUT2D eigenvalue weighted by Gasteiger charge is 2.04. The standard InChI is InChI=1S/C12H18N2O3/c1-16-10-4-3-9(11(7-10)17-2)8-14-6-5-12(13)15/h3-4,7,14H,5-6,8H2,1-2H3,(H2,13,15). The van der Waals surface area contributed by atoms with Gasteiger partial charge in [-0.15, -0.1) is 0 Å². The fraction of sp³-hybridized carbons (Fsp3) is 0.417. The molecule has 1 aromatic rings. The number of benzene rings is 1. The molecule has 0 aromatic heterocycles. The van der Waals surface area contributed by atoms with Gasteiger partial charge in [0.25, 0.3) is 0 Å². The Labute approximate surface area is 101 Å². The van der Waals surface area contributed by atoms with Gasteiger partial charge >= 0.3 is 0 Å². The van der Waals surface area contributed by atoms with Crippen LogP contribution in [0, 0.1) is 0 Å². The van der Waals surface area contributed by atoms with Crippen LogP contribution in [-0.4, -0.2) is 26.7 Å². The number of amides is 1. The van der Waals surface area contributed by atoms with Crippen molar-refractivity contribution in [1.29, 1.82) is 0 Å². The first-order valence-corrected chi connectivity index (χ1v) is 5.37. The Morgan fingerprint density at radius 3 is 2.71 bits per heavy atom. The van der Waals surface area contributed by atoms with Crippen molar-refractivity contribution in [3.8, 4) is 11.5 Å². The number of hydrogen-bond donors (Lipinski definition) is 2. The highest BCUT2D eigenvalue weighted by atomic mass is 16.5. The minimum atomic E-state index is -0.306. The van der Waals surface area contributed by atoms with Crippen LogP contribution in [0.25, 0.3) is 0 Å². The highest BCUT2D eigenvalue weighted by Crippen LogP contribution is 2.24. The Kier molecular flexibility index (Phi) is 5.29. The lowest BCUT2D eigenvalue weighted by Crippen LogP contribution is -2.21. The summed E-state index contributed by atoms with van der Waals surface area (Å²) in [4.78, 5) is 10.6. The van der Waals surface area contributed by atoms with Crippen LogP contribution in [0.15, 0.2) is 18.2 Å². The molecule has 1 amide bonds. The van der Waals surface area contributed by atoms with Crippen LogP contribution in [0.2, 0.25) is 0 Å². The molecule has 17 heavy (non-hydrogen) atoms. The smallest absolute Gasteiger partial charge is 0.218 e. The van der Waals surface area contributed by atoms with Crippen molar-refractivity contribution in [3.63, 3.8) is 0 Å². The second-order valence-electron chi connectivity index (χ2n) is 3.57. The lowest BCUT2D eigenvalue weighted by molar-refractivity contribution is -0.117. The Hall–Kier alpha value is -1.75. The lowest BCUT2D eigenvalue weighted by Gasteiger charge is -2.10. The number of ether oxygens (including phenoxy) is 2. The van der Waals surface area contributed by atoms with Crippen molar-refractivity contribution < 1.29 is 14.3 Å². The topological polar surface area (TPSA) is 73.6 Å². The molecule has 3 N–H and O–H groups in total. The number of methoxy groups -OCH3 is 2. The third-order valence-electron chi connectivity index (χ3n) is 2.36. The summed E-state index contributed by atoms with van der Waals surface area (Å²) in [6, 6.07) is 5.62. The fourth-order valence-corrected chi connectivity index (χ4v) is 1.43. The summed E-state index contributed by atoms with van der Waals surface area (Å²) in [6.45, 7) is 1.19. The maximum Gasteiger partial charge on any atom is 0.218 e. The van der Waals surface area contributed by atoms with E-state index in [0.29, 0.717) is 19.5 Å². The van der Waals surface area contributed by atoms with E-state index in [4.69, 9.17) is 15.2 Å². The van der Waals surface area contributed by atoms with Crippen molar-refractivity contribution in [2.75, 3.05) is 20.8 Å². The molecule has 0 saturated heterocycles. The van der Waals surface area contributed by atoms with E-state index in [9.17, 15) is 4.79 Å². The van der Waals surface area contributed by atoms with Gasteiger partial charge in [-0.05, 0) is 6.07 Å². The first kappa shape index (κ1) is 13.3. The maximum absolute atomic E-state index is 10.6. The van der Waals surface area contributed by atoms with E-state index in [0.717, 1.165) is 17.1 Å². The van der Waals surface area contributed by atoms with Crippen LogP contribution in [-0.2, 0) is 11.3 Å². The second kappa shape index (κ2) is 6.75. The Morgan fingerprint density at radius 1 is 1.35 bits per heavy atom. The molecular weight excluding hydrogens is 220 g/mol. The number of nitrogens with two attached hydrogens (primary N) is 1. The highest BCUT2D eigenvalue weighted by molar-refractivity contribution is 5.73. The molecule has 0 fully saturated rings. The molecule has 5 heteroatoms. The number of carbonyl (C=O) groups is 1. The first-order chi connectivity index (χ1) is 8.17. The average molecular weight is 238 g/mol. The predicted molar refractivity (Wildman–Crippen MR) is 65.1 cm³/mol. The van der Waals surface area contributed by atoms with E-state index in [1.807, 2.05) is 18.2 Å². The molecule has 0 bridgehead atoms. The molecule has 94 valence electrons. The summed E-state index contributed by atoms with van der Waals surface area (Å²) in [6.07, 6.45) is 0.332. The minimum Gasteiger partial charge on any atom is -0.497 e. The van der Waals surface area contributed by atoms with Crippen molar-refractivity contribution in [2.45, 2.75) is 13.0 Å².